The molecular formula is C33H53IN2O3. The predicted molar refractivity (Wildman–Crippen MR) is 156 cm³/mol. The molecule has 6 heteroatoms. The van der Waals surface area contributed by atoms with Crippen molar-refractivity contribution in [3.05, 3.63) is 53.9 Å². The second-order valence-electron chi connectivity index (χ2n) is 10.7. The van der Waals surface area contributed by atoms with Gasteiger partial charge in [-0.25, -0.2) is 4.57 Å². The highest BCUT2D eigenvalue weighted by Gasteiger charge is 2.13. The molecule has 0 fully saturated rings. The van der Waals surface area contributed by atoms with Crippen molar-refractivity contribution in [1.82, 2.24) is 4.90 Å². The molecule has 0 atom stereocenters. The van der Waals surface area contributed by atoms with Crippen molar-refractivity contribution in [1.29, 1.82) is 0 Å². The fraction of sp³-hybridized carbons (Fsp3) is 0.636. The largest absolute Gasteiger partial charge is 1.00 e. The van der Waals surface area contributed by atoms with Crippen LogP contribution in [0.15, 0.2) is 42.7 Å². The summed E-state index contributed by atoms with van der Waals surface area (Å²) in [5, 5.41) is 0. The number of aromatic nitrogens is 1. The number of carbonyl (C=O) groups excluding carboxylic acids is 1. The van der Waals surface area contributed by atoms with Crippen molar-refractivity contribution in [3.8, 4) is 11.5 Å². The third kappa shape index (κ3) is 15.5. The Labute approximate surface area is 255 Å². The minimum atomic E-state index is 0. The molecule has 0 unspecified atom stereocenters. The summed E-state index contributed by atoms with van der Waals surface area (Å²) in [4.78, 5) is 14.1. The van der Waals surface area contributed by atoms with Gasteiger partial charge in [-0.05, 0) is 29.7 Å². The summed E-state index contributed by atoms with van der Waals surface area (Å²) >= 11 is 0. The molecule has 0 aliphatic rings. The van der Waals surface area contributed by atoms with Gasteiger partial charge in [0.05, 0.1) is 13.7 Å². The van der Waals surface area contributed by atoms with Crippen LogP contribution in [0.5, 0.6) is 11.5 Å². The molecule has 0 saturated carbocycles. The van der Waals surface area contributed by atoms with Crippen molar-refractivity contribution in [2.24, 2.45) is 7.05 Å². The van der Waals surface area contributed by atoms with E-state index in [1.165, 1.54) is 83.5 Å². The molecule has 5 nitrogen and oxygen atoms in total. The first kappa shape index (κ1) is 35.2. The van der Waals surface area contributed by atoms with Crippen LogP contribution in [0.2, 0.25) is 0 Å². The maximum atomic E-state index is 12.3. The van der Waals surface area contributed by atoms with Crippen LogP contribution in [0.1, 0.15) is 115 Å². The second kappa shape index (κ2) is 21.9. The van der Waals surface area contributed by atoms with E-state index in [0.717, 1.165) is 29.0 Å². The Balaban J connectivity index is 0.00000760. The molecule has 2 rings (SSSR count). The van der Waals surface area contributed by atoms with Gasteiger partial charge in [0.25, 0.3) is 0 Å². The molecule has 0 aliphatic carbocycles. The number of hydrogen-bond donors (Lipinski definition) is 0. The van der Waals surface area contributed by atoms with Crippen LogP contribution in [-0.2, 0) is 24.9 Å². The average molecular weight is 653 g/mol. The van der Waals surface area contributed by atoms with E-state index >= 15 is 0 Å². The highest BCUT2D eigenvalue weighted by atomic mass is 127. The van der Waals surface area contributed by atoms with Gasteiger partial charge in [0, 0.05) is 32.1 Å². The summed E-state index contributed by atoms with van der Waals surface area (Å²) < 4.78 is 13.6. The topological polar surface area (TPSA) is 42.7 Å². The highest BCUT2D eigenvalue weighted by molar-refractivity contribution is 5.73. The Morgan fingerprint density at radius 3 is 1.77 bits per heavy atom. The molecule has 1 amide bonds. The lowest BCUT2D eigenvalue weighted by Crippen LogP contribution is -3.00. The Morgan fingerprint density at radius 2 is 1.26 bits per heavy atom. The zero-order valence-corrected chi connectivity index (χ0v) is 27.2. The van der Waals surface area contributed by atoms with Crippen molar-refractivity contribution < 1.29 is 42.8 Å². The molecule has 39 heavy (non-hydrogen) atoms. The summed E-state index contributed by atoms with van der Waals surface area (Å²) in [6.45, 7) is 5.72. The lowest BCUT2D eigenvalue weighted by molar-refractivity contribution is -0.671. The van der Waals surface area contributed by atoms with Crippen molar-refractivity contribution >= 4 is 5.91 Å². The quantitative estimate of drug-likeness (QED) is 0.109. The van der Waals surface area contributed by atoms with Gasteiger partial charge in [0.2, 0.25) is 5.91 Å². The number of carbonyl (C=O) groups is 1. The van der Waals surface area contributed by atoms with E-state index < -0.39 is 0 Å². The number of unbranched alkanes of at least 4 members (excludes halogenated alkanes) is 13. The number of methoxy groups -OCH3 is 1. The molecular weight excluding hydrogens is 599 g/mol. The van der Waals surface area contributed by atoms with E-state index in [9.17, 15) is 4.79 Å². The normalized spacial score (nSPS) is 10.7. The summed E-state index contributed by atoms with van der Waals surface area (Å²) in [5.74, 6) is 1.55. The van der Waals surface area contributed by atoms with Gasteiger partial charge >= 0.3 is 0 Å². The molecule has 0 radical (unpaired) electrons. The minimum Gasteiger partial charge on any atom is -1.00 e. The van der Waals surface area contributed by atoms with Crippen molar-refractivity contribution in [3.63, 3.8) is 0 Å². The lowest BCUT2D eigenvalue weighted by atomic mass is 10.0. The Morgan fingerprint density at radius 1 is 0.744 bits per heavy atom. The zero-order chi connectivity index (χ0) is 27.4. The maximum absolute atomic E-state index is 12.3. The maximum Gasteiger partial charge on any atom is 0.220 e. The molecule has 1 heterocycles. The first-order chi connectivity index (χ1) is 18.5. The van der Waals surface area contributed by atoms with E-state index in [1.807, 2.05) is 59.2 Å². The number of ether oxygens (including phenoxy) is 2. The number of pyridine rings is 1. The fourth-order valence-corrected chi connectivity index (χ4v) is 4.76. The number of aryl methyl sites for hydroxylation is 1. The van der Waals surface area contributed by atoms with Gasteiger partial charge in [0.1, 0.15) is 7.05 Å². The summed E-state index contributed by atoms with van der Waals surface area (Å²) in [6.07, 6.45) is 22.9. The van der Waals surface area contributed by atoms with Crippen LogP contribution >= 0.6 is 0 Å². The minimum absolute atomic E-state index is 0. The predicted octanol–water partition coefficient (Wildman–Crippen LogP) is 4.93. The van der Waals surface area contributed by atoms with Crippen LogP contribution in [0, 0.1) is 0 Å². The highest BCUT2D eigenvalue weighted by Crippen LogP contribution is 2.29. The van der Waals surface area contributed by atoms with Gasteiger partial charge in [-0.15, -0.1) is 0 Å². The fourth-order valence-electron chi connectivity index (χ4n) is 4.76. The summed E-state index contributed by atoms with van der Waals surface area (Å²) in [5.41, 5.74) is 2.14. The first-order valence-electron chi connectivity index (χ1n) is 15.0. The van der Waals surface area contributed by atoms with Crippen molar-refractivity contribution in [2.75, 3.05) is 13.7 Å². The summed E-state index contributed by atoms with van der Waals surface area (Å²) in [7, 11) is 3.66. The number of hydrogen-bond acceptors (Lipinski definition) is 3. The molecule has 0 spiro atoms. The molecule has 0 N–H and O–H groups in total. The average Bonchev–Trinajstić information content (AvgIpc) is 2.92. The monoisotopic (exact) mass is 652 g/mol. The number of amides is 1. The number of nitrogens with zero attached hydrogens (tertiary/aromatic N) is 2. The molecule has 0 bridgehead atoms. The van der Waals surface area contributed by atoms with E-state index in [4.69, 9.17) is 9.47 Å². The number of halogens is 1. The van der Waals surface area contributed by atoms with Crippen LogP contribution in [-0.4, -0.2) is 24.5 Å². The van der Waals surface area contributed by atoms with E-state index in [2.05, 4.69) is 6.92 Å². The van der Waals surface area contributed by atoms with Gasteiger partial charge in [-0.1, -0.05) is 96.5 Å². The molecule has 0 aliphatic heterocycles. The smallest absolute Gasteiger partial charge is 0.220 e. The number of benzene rings is 1. The third-order valence-electron chi connectivity index (χ3n) is 7.22. The van der Waals surface area contributed by atoms with E-state index in [0.29, 0.717) is 19.7 Å². The zero-order valence-electron chi connectivity index (χ0n) is 25.1. The number of rotatable bonds is 21. The van der Waals surface area contributed by atoms with Crippen LogP contribution in [0.4, 0.5) is 0 Å². The van der Waals surface area contributed by atoms with Crippen LogP contribution in [0.25, 0.3) is 0 Å². The summed E-state index contributed by atoms with van der Waals surface area (Å²) in [6, 6.07) is 10.1. The molecule has 1 aromatic carbocycles. The SMILES string of the molecule is CCCCCCCCCCCCCCCCOc1ccc(CN(Cc2cc[n+](C)cc2)C(C)=O)cc1OC.[I-]. The second-order valence-corrected chi connectivity index (χ2v) is 10.7. The molecule has 220 valence electrons. The standard InChI is InChI=1S/C33H53N2O3.HI/c1-5-6-7-8-9-10-11-12-13-14-15-16-17-18-25-38-32-20-19-31(26-33(32)37-4)28-35(29(2)36)27-30-21-23-34(3)24-22-30;/h19-24,26H,5-18,25,27-28H2,1-4H3;1H/q+1;/p-1. The molecule has 0 saturated heterocycles. The van der Waals surface area contributed by atoms with Gasteiger partial charge in [-0.3, -0.25) is 4.79 Å². The molecule has 2 aromatic rings. The Bertz CT molecular complexity index is 904. The van der Waals surface area contributed by atoms with Crippen LogP contribution in [0.3, 0.4) is 0 Å². The lowest BCUT2D eigenvalue weighted by Gasteiger charge is -2.22. The Hall–Kier alpha value is -1.83. The van der Waals surface area contributed by atoms with Gasteiger partial charge in [0.15, 0.2) is 23.9 Å². The van der Waals surface area contributed by atoms with Gasteiger partial charge in [-0.2, -0.15) is 0 Å². The van der Waals surface area contributed by atoms with Gasteiger partial charge < -0.3 is 38.4 Å². The first-order valence-corrected chi connectivity index (χ1v) is 15.0. The Kier molecular flexibility index (Phi) is 19.8. The van der Waals surface area contributed by atoms with E-state index in [-0.39, 0.29) is 29.9 Å². The van der Waals surface area contributed by atoms with Crippen LogP contribution < -0.4 is 38.0 Å². The third-order valence-corrected chi connectivity index (χ3v) is 7.22. The van der Waals surface area contributed by atoms with E-state index in [1.54, 1.807) is 14.0 Å². The van der Waals surface area contributed by atoms with Crippen molar-refractivity contribution in [2.45, 2.75) is 117 Å². The molecule has 1 aromatic heterocycles.